The minimum absolute atomic E-state index is 0.576. The van der Waals surface area contributed by atoms with Gasteiger partial charge >= 0.3 is 0 Å². The molecular formula is C21H17N3O2. The molecule has 0 unspecified atom stereocenters. The molecule has 0 saturated heterocycles. The van der Waals surface area contributed by atoms with Crippen molar-refractivity contribution in [3.63, 3.8) is 0 Å². The molecule has 1 atom stereocenters. The maximum atomic E-state index is 11.0. The van der Waals surface area contributed by atoms with E-state index in [1.165, 1.54) is 0 Å². The van der Waals surface area contributed by atoms with Gasteiger partial charge in [0.15, 0.2) is 0 Å². The monoisotopic (exact) mass is 343 g/mol. The second kappa shape index (κ2) is 6.90. The van der Waals surface area contributed by atoms with Crippen LogP contribution in [0.3, 0.4) is 0 Å². The van der Waals surface area contributed by atoms with Crippen molar-refractivity contribution < 1.29 is 9.84 Å². The minimum atomic E-state index is -0.866. The van der Waals surface area contributed by atoms with E-state index in [0.29, 0.717) is 5.69 Å². The zero-order valence-electron chi connectivity index (χ0n) is 14.2. The van der Waals surface area contributed by atoms with E-state index in [9.17, 15) is 5.11 Å². The van der Waals surface area contributed by atoms with Crippen LogP contribution in [0.15, 0.2) is 73.2 Å². The molecule has 128 valence electrons. The summed E-state index contributed by atoms with van der Waals surface area (Å²) in [5.41, 5.74) is 3.79. The van der Waals surface area contributed by atoms with Crippen LogP contribution >= 0.6 is 0 Å². The molecule has 1 aromatic carbocycles. The van der Waals surface area contributed by atoms with Gasteiger partial charge in [-0.15, -0.1) is 0 Å². The van der Waals surface area contributed by atoms with E-state index in [4.69, 9.17) is 9.72 Å². The Balaban J connectivity index is 1.86. The van der Waals surface area contributed by atoms with Gasteiger partial charge in [0.2, 0.25) is 0 Å². The number of pyridine rings is 3. The highest BCUT2D eigenvalue weighted by atomic mass is 16.5. The fraction of sp³-hybridized carbons (Fsp3) is 0.0952. The third-order valence-electron chi connectivity index (χ3n) is 4.30. The molecule has 0 aliphatic rings. The van der Waals surface area contributed by atoms with Crippen LogP contribution < -0.4 is 4.74 Å². The number of aromatic nitrogens is 3. The molecule has 1 N–H and O–H groups in total. The first-order chi connectivity index (χ1) is 12.8. The van der Waals surface area contributed by atoms with Crippen LogP contribution in [0.5, 0.6) is 5.75 Å². The van der Waals surface area contributed by atoms with Crippen molar-refractivity contribution >= 4 is 10.9 Å². The Morgan fingerprint density at radius 2 is 1.73 bits per heavy atom. The van der Waals surface area contributed by atoms with Crippen LogP contribution in [0.1, 0.15) is 17.4 Å². The zero-order valence-corrected chi connectivity index (χ0v) is 14.2. The summed E-state index contributed by atoms with van der Waals surface area (Å²) in [6.07, 6.45) is 4.31. The highest BCUT2D eigenvalue weighted by Crippen LogP contribution is 2.30. The Bertz CT molecular complexity index is 1030. The molecule has 5 nitrogen and oxygen atoms in total. The van der Waals surface area contributed by atoms with Gasteiger partial charge in [-0.3, -0.25) is 9.97 Å². The second-order valence-corrected chi connectivity index (χ2v) is 5.87. The maximum Gasteiger partial charge on any atom is 0.122 e. The largest absolute Gasteiger partial charge is 0.497 e. The first kappa shape index (κ1) is 16.2. The summed E-state index contributed by atoms with van der Waals surface area (Å²) in [5.74, 6) is 0.742. The quantitative estimate of drug-likeness (QED) is 0.611. The number of rotatable bonds is 4. The van der Waals surface area contributed by atoms with Gasteiger partial charge in [-0.05, 0) is 48.0 Å². The van der Waals surface area contributed by atoms with E-state index in [0.717, 1.165) is 33.5 Å². The van der Waals surface area contributed by atoms with Gasteiger partial charge in [0.1, 0.15) is 11.9 Å². The van der Waals surface area contributed by atoms with E-state index in [-0.39, 0.29) is 0 Å². The van der Waals surface area contributed by atoms with Crippen molar-refractivity contribution in [2.24, 2.45) is 0 Å². The number of ether oxygens (including phenoxy) is 1. The van der Waals surface area contributed by atoms with Crippen molar-refractivity contribution in [1.29, 1.82) is 0 Å². The van der Waals surface area contributed by atoms with Gasteiger partial charge in [0.05, 0.1) is 24.0 Å². The predicted octanol–water partition coefficient (Wildman–Crippen LogP) is 3.78. The number of hydrogen-bond acceptors (Lipinski definition) is 5. The average molecular weight is 343 g/mol. The predicted molar refractivity (Wildman–Crippen MR) is 99.8 cm³/mol. The fourth-order valence-corrected chi connectivity index (χ4v) is 2.92. The molecule has 0 fully saturated rings. The lowest BCUT2D eigenvalue weighted by Gasteiger charge is -2.15. The summed E-state index contributed by atoms with van der Waals surface area (Å²) >= 11 is 0. The van der Waals surface area contributed by atoms with E-state index in [1.54, 1.807) is 25.7 Å². The number of benzene rings is 1. The zero-order chi connectivity index (χ0) is 17.9. The van der Waals surface area contributed by atoms with Gasteiger partial charge in [0.25, 0.3) is 0 Å². The van der Waals surface area contributed by atoms with E-state index in [1.807, 2.05) is 54.6 Å². The number of fused-ring (bicyclic) bond motifs is 1. The Hall–Kier alpha value is -3.31. The molecule has 26 heavy (non-hydrogen) atoms. The molecule has 0 spiro atoms. The maximum absolute atomic E-state index is 11.0. The number of nitrogens with zero attached hydrogens (tertiary/aromatic N) is 3. The fourth-order valence-electron chi connectivity index (χ4n) is 2.92. The van der Waals surface area contributed by atoms with Crippen molar-refractivity contribution in [3.8, 4) is 17.0 Å². The molecule has 0 amide bonds. The standard InChI is InChI=1S/C21H17N3O2/c1-26-16-6-4-15(5-7-16)21(25)20-17-3-2-10-23-19(17)13-18(24-20)14-8-11-22-12-9-14/h2-13,21,25H,1H3/t21-/m1/s1. The van der Waals surface area contributed by atoms with Crippen LogP contribution in [-0.2, 0) is 0 Å². The van der Waals surface area contributed by atoms with Crippen molar-refractivity contribution in [3.05, 3.63) is 84.4 Å². The Morgan fingerprint density at radius 1 is 0.962 bits per heavy atom. The van der Waals surface area contributed by atoms with Crippen LogP contribution in [0.2, 0.25) is 0 Å². The lowest BCUT2D eigenvalue weighted by Crippen LogP contribution is -2.05. The van der Waals surface area contributed by atoms with Gasteiger partial charge in [-0.1, -0.05) is 12.1 Å². The highest BCUT2D eigenvalue weighted by molar-refractivity contribution is 5.85. The summed E-state index contributed by atoms with van der Waals surface area (Å²) in [6, 6.07) is 16.8. The topological polar surface area (TPSA) is 68.1 Å². The lowest BCUT2D eigenvalue weighted by atomic mass is 10.0. The second-order valence-electron chi connectivity index (χ2n) is 5.87. The van der Waals surface area contributed by atoms with Crippen molar-refractivity contribution in [2.45, 2.75) is 6.10 Å². The molecule has 5 heteroatoms. The number of aliphatic hydroxyl groups excluding tert-OH is 1. The summed E-state index contributed by atoms with van der Waals surface area (Å²) in [5, 5.41) is 11.8. The van der Waals surface area contributed by atoms with Crippen LogP contribution in [-0.4, -0.2) is 27.2 Å². The molecular weight excluding hydrogens is 326 g/mol. The average Bonchev–Trinajstić information content (AvgIpc) is 2.73. The Kier molecular flexibility index (Phi) is 4.29. The molecule has 4 rings (SSSR count). The SMILES string of the molecule is COc1ccc([C@@H](O)c2nc(-c3ccncc3)cc3ncccc23)cc1. The van der Waals surface area contributed by atoms with Crippen molar-refractivity contribution in [2.75, 3.05) is 7.11 Å². The normalized spacial score (nSPS) is 12.1. The lowest BCUT2D eigenvalue weighted by molar-refractivity contribution is 0.217. The number of hydrogen-bond donors (Lipinski definition) is 1. The van der Waals surface area contributed by atoms with Crippen molar-refractivity contribution in [1.82, 2.24) is 15.0 Å². The molecule has 0 bridgehead atoms. The summed E-state index contributed by atoms with van der Waals surface area (Å²) in [6.45, 7) is 0. The first-order valence-electron chi connectivity index (χ1n) is 8.24. The van der Waals surface area contributed by atoms with Crippen LogP contribution in [0.25, 0.3) is 22.2 Å². The van der Waals surface area contributed by atoms with Gasteiger partial charge < -0.3 is 9.84 Å². The molecule has 0 saturated carbocycles. The molecule has 4 aromatic rings. The first-order valence-corrected chi connectivity index (χ1v) is 8.24. The molecule has 0 radical (unpaired) electrons. The minimum Gasteiger partial charge on any atom is -0.497 e. The summed E-state index contributed by atoms with van der Waals surface area (Å²) in [7, 11) is 1.62. The Morgan fingerprint density at radius 3 is 2.46 bits per heavy atom. The van der Waals surface area contributed by atoms with E-state index >= 15 is 0 Å². The van der Waals surface area contributed by atoms with Gasteiger partial charge in [-0.25, -0.2) is 4.98 Å². The summed E-state index contributed by atoms with van der Waals surface area (Å²) in [4.78, 5) is 13.2. The third-order valence-corrected chi connectivity index (χ3v) is 4.30. The summed E-state index contributed by atoms with van der Waals surface area (Å²) < 4.78 is 5.19. The molecule has 3 aromatic heterocycles. The van der Waals surface area contributed by atoms with Gasteiger partial charge in [-0.2, -0.15) is 0 Å². The number of aliphatic hydroxyl groups is 1. The van der Waals surface area contributed by atoms with E-state index in [2.05, 4.69) is 9.97 Å². The number of methoxy groups -OCH3 is 1. The highest BCUT2D eigenvalue weighted by Gasteiger charge is 2.18. The van der Waals surface area contributed by atoms with Gasteiger partial charge in [0, 0.05) is 29.5 Å². The van der Waals surface area contributed by atoms with Crippen LogP contribution in [0.4, 0.5) is 0 Å². The molecule has 3 heterocycles. The van der Waals surface area contributed by atoms with Crippen LogP contribution in [0, 0.1) is 0 Å². The molecule has 0 aliphatic carbocycles. The molecule has 0 aliphatic heterocycles. The third kappa shape index (κ3) is 3.00. The smallest absolute Gasteiger partial charge is 0.122 e. The van der Waals surface area contributed by atoms with E-state index < -0.39 is 6.10 Å². The Labute approximate surface area is 151 Å².